The Morgan fingerprint density at radius 3 is 3.23 bits per heavy atom. The number of rotatable bonds is 5. The smallest absolute Gasteiger partial charge is 0.315 e. The number of carbonyl (C=O) groups excluding carboxylic acids is 1. The van der Waals surface area contributed by atoms with Gasteiger partial charge in [-0.05, 0) is 31.9 Å². The lowest BCUT2D eigenvalue weighted by molar-refractivity contribution is 0.0860. The Bertz CT molecular complexity index is 601. The zero-order chi connectivity index (χ0) is 15.4. The quantitative estimate of drug-likeness (QED) is 0.884. The van der Waals surface area contributed by atoms with E-state index in [2.05, 4.69) is 15.6 Å². The maximum atomic E-state index is 11.9. The molecule has 2 amide bonds. The van der Waals surface area contributed by atoms with E-state index in [-0.39, 0.29) is 18.2 Å². The van der Waals surface area contributed by atoms with Crippen LogP contribution in [0.3, 0.4) is 0 Å². The van der Waals surface area contributed by atoms with Crippen LogP contribution in [0.15, 0.2) is 30.6 Å². The first kappa shape index (κ1) is 14.8. The second-order valence-corrected chi connectivity index (χ2v) is 5.69. The Hall–Kier alpha value is -2.08. The number of hydrogen-bond acceptors (Lipinski definition) is 3. The summed E-state index contributed by atoms with van der Waals surface area (Å²) in [7, 11) is 0. The number of nitrogens with one attached hydrogen (secondary N) is 2. The molecule has 2 aromatic heterocycles. The topological polar surface area (TPSA) is 67.7 Å². The molecule has 1 aliphatic rings. The summed E-state index contributed by atoms with van der Waals surface area (Å²) in [5, 5.41) is 5.81. The van der Waals surface area contributed by atoms with Crippen molar-refractivity contribution < 1.29 is 9.53 Å². The molecule has 1 saturated heterocycles. The van der Waals surface area contributed by atoms with Gasteiger partial charge < -0.3 is 19.8 Å². The van der Waals surface area contributed by atoms with Gasteiger partial charge >= 0.3 is 6.03 Å². The predicted octanol–water partition coefficient (Wildman–Crippen LogP) is 1.74. The number of amides is 2. The maximum absolute atomic E-state index is 11.9. The van der Waals surface area contributed by atoms with Crippen LogP contribution in [-0.4, -0.2) is 40.7 Å². The van der Waals surface area contributed by atoms with Crippen molar-refractivity contribution >= 4 is 11.7 Å². The van der Waals surface area contributed by atoms with Gasteiger partial charge in [0.15, 0.2) is 0 Å². The largest absolute Gasteiger partial charge is 0.376 e. The van der Waals surface area contributed by atoms with Gasteiger partial charge in [-0.1, -0.05) is 6.07 Å². The number of fused-ring (bicyclic) bond motifs is 1. The van der Waals surface area contributed by atoms with Crippen LogP contribution in [0.4, 0.5) is 4.79 Å². The normalized spacial score (nSPS) is 19.2. The highest BCUT2D eigenvalue weighted by Crippen LogP contribution is 2.15. The lowest BCUT2D eigenvalue weighted by atomic mass is 10.1. The molecule has 3 rings (SSSR count). The molecule has 6 nitrogen and oxygen atoms in total. The minimum Gasteiger partial charge on any atom is -0.376 e. The number of imidazole rings is 1. The highest BCUT2D eigenvalue weighted by Gasteiger charge is 2.23. The van der Waals surface area contributed by atoms with Gasteiger partial charge in [-0.2, -0.15) is 0 Å². The molecule has 3 heterocycles. The number of ether oxygens (including phenoxy) is 1. The van der Waals surface area contributed by atoms with E-state index in [4.69, 9.17) is 4.74 Å². The highest BCUT2D eigenvalue weighted by molar-refractivity contribution is 5.74. The molecule has 1 aliphatic heterocycles. The average Bonchev–Trinajstić information content (AvgIpc) is 3.16. The number of carbonyl (C=O) groups is 1. The van der Waals surface area contributed by atoms with Crippen molar-refractivity contribution in [1.29, 1.82) is 0 Å². The predicted molar refractivity (Wildman–Crippen MR) is 83.9 cm³/mol. The van der Waals surface area contributed by atoms with Crippen molar-refractivity contribution in [3.63, 3.8) is 0 Å². The third-order valence-corrected chi connectivity index (χ3v) is 3.96. The monoisotopic (exact) mass is 302 g/mol. The zero-order valence-corrected chi connectivity index (χ0v) is 12.8. The second-order valence-electron chi connectivity index (χ2n) is 5.69. The lowest BCUT2D eigenvalue weighted by Crippen LogP contribution is -2.46. The second kappa shape index (κ2) is 6.79. The standard InChI is InChI=1S/C16H22N4O2/c1-12(14-5-4-10-22-14)18-16(21)17-8-7-13-11-20-9-3-2-6-15(20)19-13/h2-3,6,9,11-12,14H,4-5,7-8,10H2,1H3,(H2,17,18,21). The fourth-order valence-electron chi connectivity index (χ4n) is 2.76. The van der Waals surface area contributed by atoms with Crippen LogP contribution in [0, 0.1) is 0 Å². The van der Waals surface area contributed by atoms with E-state index in [0.29, 0.717) is 13.0 Å². The van der Waals surface area contributed by atoms with Crippen molar-refractivity contribution in [2.24, 2.45) is 0 Å². The van der Waals surface area contributed by atoms with E-state index >= 15 is 0 Å². The van der Waals surface area contributed by atoms with Gasteiger partial charge in [0.25, 0.3) is 0 Å². The highest BCUT2D eigenvalue weighted by atomic mass is 16.5. The van der Waals surface area contributed by atoms with Crippen LogP contribution in [0.1, 0.15) is 25.5 Å². The summed E-state index contributed by atoms with van der Waals surface area (Å²) in [6.07, 6.45) is 6.90. The molecule has 6 heteroatoms. The molecule has 0 aromatic carbocycles. The number of aromatic nitrogens is 2. The Balaban J connectivity index is 1.43. The maximum Gasteiger partial charge on any atom is 0.315 e. The van der Waals surface area contributed by atoms with Crippen molar-refractivity contribution in [1.82, 2.24) is 20.0 Å². The first-order chi connectivity index (χ1) is 10.7. The molecule has 22 heavy (non-hydrogen) atoms. The minimum atomic E-state index is -0.147. The molecule has 2 atom stereocenters. The van der Waals surface area contributed by atoms with Crippen molar-refractivity contribution in [3.8, 4) is 0 Å². The van der Waals surface area contributed by atoms with E-state index in [1.54, 1.807) is 0 Å². The summed E-state index contributed by atoms with van der Waals surface area (Å²) in [5.74, 6) is 0. The Kier molecular flexibility index (Phi) is 4.58. The molecule has 2 unspecified atom stereocenters. The number of urea groups is 1. The van der Waals surface area contributed by atoms with Crippen LogP contribution in [-0.2, 0) is 11.2 Å². The fourth-order valence-corrected chi connectivity index (χ4v) is 2.76. The lowest BCUT2D eigenvalue weighted by Gasteiger charge is -2.20. The van der Waals surface area contributed by atoms with E-state index in [9.17, 15) is 4.79 Å². The Morgan fingerprint density at radius 1 is 1.55 bits per heavy atom. The van der Waals surface area contributed by atoms with Gasteiger partial charge in [0, 0.05) is 32.0 Å². The Labute approximate surface area is 129 Å². The van der Waals surface area contributed by atoms with Crippen molar-refractivity contribution in [2.45, 2.75) is 38.3 Å². The van der Waals surface area contributed by atoms with E-state index in [1.165, 1.54) is 0 Å². The summed E-state index contributed by atoms with van der Waals surface area (Å²) >= 11 is 0. The molecule has 0 spiro atoms. The molecule has 0 radical (unpaired) electrons. The summed E-state index contributed by atoms with van der Waals surface area (Å²) < 4.78 is 7.55. The van der Waals surface area contributed by atoms with Crippen LogP contribution in [0.2, 0.25) is 0 Å². The van der Waals surface area contributed by atoms with Gasteiger partial charge in [-0.25, -0.2) is 9.78 Å². The van der Waals surface area contributed by atoms with Crippen LogP contribution in [0.25, 0.3) is 5.65 Å². The van der Waals surface area contributed by atoms with Gasteiger partial charge in [0.2, 0.25) is 0 Å². The van der Waals surface area contributed by atoms with Crippen LogP contribution in [0.5, 0.6) is 0 Å². The summed E-state index contributed by atoms with van der Waals surface area (Å²) in [6, 6.07) is 5.79. The van der Waals surface area contributed by atoms with Gasteiger partial charge in [-0.3, -0.25) is 0 Å². The molecular weight excluding hydrogens is 280 g/mol. The molecule has 0 bridgehead atoms. The average molecular weight is 302 g/mol. The SMILES string of the molecule is CC(NC(=O)NCCc1cn2ccccc2n1)C1CCCO1. The molecular formula is C16H22N4O2. The summed E-state index contributed by atoms with van der Waals surface area (Å²) in [6.45, 7) is 3.35. The Morgan fingerprint density at radius 2 is 2.45 bits per heavy atom. The van der Waals surface area contributed by atoms with Crippen molar-refractivity contribution in [2.75, 3.05) is 13.2 Å². The molecule has 118 valence electrons. The molecule has 0 saturated carbocycles. The van der Waals surface area contributed by atoms with Crippen LogP contribution >= 0.6 is 0 Å². The third-order valence-electron chi connectivity index (χ3n) is 3.96. The molecule has 2 N–H and O–H groups in total. The van der Waals surface area contributed by atoms with Gasteiger partial charge in [0.05, 0.1) is 17.8 Å². The van der Waals surface area contributed by atoms with E-state index in [1.807, 2.05) is 41.9 Å². The first-order valence-corrected chi connectivity index (χ1v) is 7.81. The fraction of sp³-hybridized carbons (Fsp3) is 0.500. The van der Waals surface area contributed by atoms with Crippen LogP contribution < -0.4 is 10.6 Å². The third kappa shape index (κ3) is 3.57. The zero-order valence-electron chi connectivity index (χ0n) is 12.8. The van der Waals surface area contributed by atoms with E-state index < -0.39 is 0 Å². The number of nitrogens with zero attached hydrogens (tertiary/aromatic N) is 2. The van der Waals surface area contributed by atoms with E-state index in [0.717, 1.165) is 30.8 Å². The van der Waals surface area contributed by atoms with Crippen molar-refractivity contribution in [3.05, 3.63) is 36.3 Å². The van der Waals surface area contributed by atoms with Gasteiger partial charge in [0.1, 0.15) is 5.65 Å². The summed E-state index contributed by atoms with van der Waals surface area (Å²) in [4.78, 5) is 16.4. The van der Waals surface area contributed by atoms with Gasteiger partial charge in [-0.15, -0.1) is 0 Å². The molecule has 2 aromatic rings. The number of pyridine rings is 1. The first-order valence-electron chi connectivity index (χ1n) is 7.81. The number of hydrogen-bond donors (Lipinski definition) is 2. The summed E-state index contributed by atoms with van der Waals surface area (Å²) in [5.41, 5.74) is 1.90. The molecule has 1 fully saturated rings. The molecule has 0 aliphatic carbocycles. The minimum absolute atomic E-state index is 0.0395.